The second kappa shape index (κ2) is 5.69. The summed E-state index contributed by atoms with van der Waals surface area (Å²) in [5.74, 6) is 0.156. The number of rotatable bonds is 3. The van der Waals surface area contributed by atoms with E-state index in [0.29, 0.717) is 21.4 Å². The molecule has 0 fully saturated rings. The van der Waals surface area contributed by atoms with Crippen LogP contribution in [0.15, 0.2) is 53.4 Å². The Kier molecular flexibility index (Phi) is 3.60. The van der Waals surface area contributed by atoms with Crippen molar-refractivity contribution in [2.45, 2.75) is 4.90 Å². The zero-order valence-electron chi connectivity index (χ0n) is 12.5. The van der Waals surface area contributed by atoms with Gasteiger partial charge in [-0.05, 0) is 48.5 Å². The summed E-state index contributed by atoms with van der Waals surface area (Å²) in [7, 11) is -3.75. The van der Waals surface area contributed by atoms with Crippen LogP contribution in [0.4, 0.5) is 4.39 Å². The van der Waals surface area contributed by atoms with E-state index in [1.165, 1.54) is 35.6 Å². The molecule has 10 heteroatoms. The van der Waals surface area contributed by atoms with Crippen LogP contribution in [0.25, 0.3) is 26.9 Å². The molecular formula is C15H10FN5O2S2. The highest BCUT2D eigenvalue weighted by atomic mass is 32.2. The Balaban J connectivity index is 1.77. The van der Waals surface area contributed by atoms with E-state index in [4.69, 9.17) is 5.14 Å². The number of nitrogens with zero attached hydrogens (tertiary/aromatic N) is 4. The lowest BCUT2D eigenvalue weighted by Crippen LogP contribution is -2.11. The smallest absolute Gasteiger partial charge is 0.225 e. The maximum atomic E-state index is 13.1. The monoisotopic (exact) mass is 375 g/mol. The van der Waals surface area contributed by atoms with Gasteiger partial charge < -0.3 is 0 Å². The molecule has 2 aromatic heterocycles. The number of sulfonamides is 1. The molecule has 0 amide bonds. The lowest BCUT2D eigenvalue weighted by molar-refractivity contribution is 0.598. The van der Waals surface area contributed by atoms with E-state index in [2.05, 4.69) is 15.3 Å². The van der Waals surface area contributed by atoms with Gasteiger partial charge in [0, 0.05) is 11.1 Å². The Morgan fingerprint density at radius 1 is 0.960 bits per heavy atom. The van der Waals surface area contributed by atoms with E-state index in [1.54, 1.807) is 28.8 Å². The standard InChI is InChI=1S/C15H10FN5O2S2/c16-11-5-1-10(2-6-11)14-20-21-13(18-19-15(21)24-14)9-3-7-12(8-4-9)25(17,22)23/h1-8H,(H2,17,22,23). The summed E-state index contributed by atoms with van der Waals surface area (Å²) in [5, 5.41) is 18.4. The summed E-state index contributed by atoms with van der Waals surface area (Å²) < 4.78 is 37.3. The van der Waals surface area contributed by atoms with Crippen molar-refractivity contribution in [3.8, 4) is 22.0 Å². The molecule has 7 nitrogen and oxygen atoms in total. The molecule has 25 heavy (non-hydrogen) atoms. The molecule has 0 aliphatic rings. The van der Waals surface area contributed by atoms with Crippen molar-refractivity contribution in [3.05, 3.63) is 54.3 Å². The van der Waals surface area contributed by atoms with Gasteiger partial charge in [0.2, 0.25) is 15.0 Å². The largest absolute Gasteiger partial charge is 0.238 e. The van der Waals surface area contributed by atoms with Gasteiger partial charge in [-0.1, -0.05) is 11.3 Å². The van der Waals surface area contributed by atoms with Crippen molar-refractivity contribution < 1.29 is 12.8 Å². The highest BCUT2D eigenvalue weighted by molar-refractivity contribution is 7.89. The molecular weight excluding hydrogens is 365 g/mol. The van der Waals surface area contributed by atoms with Crippen LogP contribution in [0, 0.1) is 5.82 Å². The highest BCUT2D eigenvalue weighted by Gasteiger charge is 2.15. The molecule has 0 radical (unpaired) electrons. The molecule has 0 aliphatic heterocycles. The molecule has 0 bridgehead atoms. The first-order chi connectivity index (χ1) is 11.9. The summed E-state index contributed by atoms with van der Waals surface area (Å²) >= 11 is 1.32. The van der Waals surface area contributed by atoms with Crippen LogP contribution in [0.3, 0.4) is 0 Å². The van der Waals surface area contributed by atoms with E-state index in [-0.39, 0.29) is 10.7 Å². The Morgan fingerprint density at radius 3 is 2.24 bits per heavy atom. The molecule has 0 spiro atoms. The van der Waals surface area contributed by atoms with Gasteiger partial charge >= 0.3 is 0 Å². The molecule has 2 heterocycles. The lowest BCUT2D eigenvalue weighted by atomic mass is 10.2. The van der Waals surface area contributed by atoms with E-state index in [1.807, 2.05) is 0 Å². The Labute approximate surface area is 145 Å². The molecule has 0 unspecified atom stereocenters. The van der Waals surface area contributed by atoms with E-state index >= 15 is 0 Å². The molecule has 0 aliphatic carbocycles. The van der Waals surface area contributed by atoms with Crippen LogP contribution < -0.4 is 5.14 Å². The molecule has 4 aromatic rings. The van der Waals surface area contributed by atoms with Crippen LogP contribution in [0.1, 0.15) is 0 Å². The van der Waals surface area contributed by atoms with Gasteiger partial charge in [-0.25, -0.2) is 17.9 Å². The van der Waals surface area contributed by atoms with Gasteiger partial charge in [0.15, 0.2) is 5.82 Å². The Morgan fingerprint density at radius 2 is 1.60 bits per heavy atom. The van der Waals surface area contributed by atoms with Gasteiger partial charge in [-0.2, -0.15) is 9.61 Å². The van der Waals surface area contributed by atoms with Crippen molar-refractivity contribution in [1.82, 2.24) is 19.8 Å². The van der Waals surface area contributed by atoms with Gasteiger partial charge in [0.05, 0.1) is 4.90 Å². The number of fused-ring (bicyclic) bond motifs is 1. The second-order valence-electron chi connectivity index (χ2n) is 5.20. The second-order valence-corrected chi connectivity index (χ2v) is 7.72. The van der Waals surface area contributed by atoms with Gasteiger partial charge in [0.25, 0.3) is 0 Å². The number of nitrogens with two attached hydrogens (primary N) is 1. The first-order valence-corrected chi connectivity index (χ1v) is 9.39. The average molecular weight is 375 g/mol. The van der Waals surface area contributed by atoms with Crippen LogP contribution >= 0.6 is 11.3 Å². The minimum atomic E-state index is -3.75. The van der Waals surface area contributed by atoms with Crippen LogP contribution in [0.5, 0.6) is 0 Å². The molecule has 2 N–H and O–H groups in total. The fourth-order valence-corrected chi connectivity index (χ4v) is 3.66. The summed E-state index contributed by atoms with van der Waals surface area (Å²) in [4.78, 5) is 0.590. The molecule has 4 rings (SSSR count). The topological polar surface area (TPSA) is 103 Å². The maximum absolute atomic E-state index is 13.1. The van der Waals surface area contributed by atoms with E-state index in [9.17, 15) is 12.8 Å². The normalized spacial score (nSPS) is 11.9. The van der Waals surface area contributed by atoms with Crippen LogP contribution in [0.2, 0.25) is 0 Å². The van der Waals surface area contributed by atoms with E-state index < -0.39 is 10.0 Å². The predicted molar refractivity (Wildman–Crippen MR) is 90.9 cm³/mol. The summed E-state index contributed by atoms with van der Waals surface area (Å²) in [6.07, 6.45) is 0. The van der Waals surface area contributed by atoms with Gasteiger partial charge in [0.1, 0.15) is 10.8 Å². The first-order valence-electron chi connectivity index (χ1n) is 7.03. The van der Waals surface area contributed by atoms with E-state index in [0.717, 1.165) is 5.56 Å². The Bertz CT molecular complexity index is 1170. The third-order valence-corrected chi connectivity index (χ3v) is 5.40. The number of hydrogen-bond donors (Lipinski definition) is 1. The number of halogens is 1. The van der Waals surface area contributed by atoms with Crippen molar-refractivity contribution >= 4 is 26.3 Å². The van der Waals surface area contributed by atoms with Crippen LogP contribution in [-0.4, -0.2) is 28.2 Å². The molecule has 0 atom stereocenters. The lowest BCUT2D eigenvalue weighted by Gasteiger charge is -2.00. The molecule has 126 valence electrons. The molecule has 0 saturated carbocycles. The summed E-state index contributed by atoms with van der Waals surface area (Å²) in [6.45, 7) is 0. The van der Waals surface area contributed by atoms with Crippen molar-refractivity contribution in [2.75, 3.05) is 0 Å². The summed E-state index contributed by atoms with van der Waals surface area (Å²) in [6, 6.07) is 12.0. The van der Waals surface area contributed by atoms with Gasteiger partial charge in [-0.3, -0.25) is 0 Å². The maximum Gasteiger partial charge on any atom is 0.238 e. The SMILES string of the molecule is NS(=O)(=O)c1ccc(-c2nnc3sc(-c4ccc(F)cc4)nn23)cc1. The fraction of sp³-hybridized carbons (Fsp3) is 0. The van der Waals surface area contributed by atoms with Crippen molar-refractivity contribution in [2.24, 2.45) is 5.14 Å². The summed E-state index contributed by atoms with van der Waals surface area (Å²) in [5.41, 5.74) is 1.42. The molecule has 0 saturated heterocycles. The fourth-order valence-electron chi connectivity index (χ4n) is 2.30. The number of benzene rings is 2. The third-order valence-electron chi connectivity index (χ3n) is 3.52. The zero-order valence-corrected chi connectivity index (χ0v) is 14.1. The van der Waals surface area contributed by atoms with Gasteiger partial charge in [-0.15, -0.1) is 10.2 Å². The number of hydrogen-bond acceptors (Lipinski definition) is 6. The quantitative estimate of drug-likeness (QED) is 0.592. The third kappa shape index (κ3) is 2.90. The van der Waals surface area contributed by atoms with Crippen molar-refractivity contribution in [3.63, 3.8) is 0 Å². The molecule has 2 aromatic carbocycles. The predicted octanol–water partition coefficient (Wildman–Crippen LogP) is 2.31. The number of aromatic nitrogens is 4. The minimum absolute atomic E-state index is 0.0160. The Hall–Kier alpha value is -2.69. The number of primary sulfonamides is 1. The zero-order chi connectivity index (χ0) is 17.6. The minimum Gasteiger partial charge on any atom is -0.225 e. The first kappa shape index (κ1) is 15.8. The highest BCUT2D eigenvalue weighted by Crippen LogP contribution is 2.28. The van der Waals surface area contributed by atoms with Crippen molar-refractivity contribution in [1.29, 1.82) is 0 Å². The average Bonchev–Trinajstić information content (AvgIpc) is 3.15. The van der Waals surface area contributed by atoms with Crippen LogP contribution in [-0.2, 0) is 10.0 Å².